The number of nitrogens with one attached hydrogen (secondary N) is 1. The predicted molar refractivity (Wildman–Crippen MR) is 82.9 cm³/mol. The molecule has 2 amide bonds. The number of hydrogen-bond donors (Lipinski definition) is 1. The first-order chi connectivity index (χ1) is 10.2. The summed E-state index contributed by atoms with van der Waals surface area (Å²) >= 11 is 1.79. The molecule has 2 aliphatic rings. The van der Waals surface area contributed by atoms with Crippen LogP contribution in [0.5, 0.6) is 0 Å². The summed E-state index contributed by atoms with van der Waals surface area (Å²) in [7, 11) is 0. The number of hydrogen-bond acceptors (Lipinski definition) is 3. The van der Waals surface area contributed by atoms with Gasteiger partial charge < -0.3 is 10.2 Å². The molecule has 2 heterocycles. The molecular weight excluding hydrogens is 284 g/mol. The zero-order chi connectivity index (χ0) is 14.8. The van der Waals surface area contributed by atoms with Gasteiger partial charge in [-0.3, -0.25) is 9.59 Å². The quantitative estimate of drug-likeness (QED) is 0.870. The van der Waals surface area contributed by atoms with E-state index in [1.807, 2.05) is 4.90 Å². The molecule has 0 unspecified atom stereocenters. The molecule has 0 bridgehead atoms. The number of amides is 2. The van der Waals surface area contributed by atoms with Crippen LogP contribution >= 0.6 is 11.3 Å². The van der Waals surface area contributed by atoms with E-state index in [9.17, 15) is 9.59 Å². The molecule has 1 fully saturated rings. The van der Waals surface area contributed by atoms with Crippen LogP contribution in [0, 0.1) is 5.92 Å². The number of fused-ring (bicyclic) bond motifs is 1. The number of rotatable bonds is 3. The standard InChI is InChI=1S/C16H20N2O2S/c1-2-15(19)17-13-4-3-11(9-13)16(20)18-7-5-14-12(10-18)6-8-21-14/h2,6,8,11,13H,1,3-5,7,9-10H2,(H,17,19)/t11-,13-/m1/s1. The Morgan fingerprint density at radius 2 is 2.29 bits per heavy atom. The van der Waals surface area contributed by atoms with Crippen molar-refractivity contribution in [3.8, 4) is 0 Å². The van der Waals surface area contributed by atoms with Gasteiger partial charge in [0.2, 0.25) is 11.8 Å². The Morgan fingerprint density at radius 3 is 3.10 bits per heavy atom. The molecule has 1 aliphatic carbocycles. The second-order valence-corrected chi connectivity index (χ2v) is 6.80. The van der Waals surface area contributed by atoms with Crippen LogP contribution in [0.1, 0.15) is 29.7 Å². The summed E-state index contributed by atoms with van der Waals surface area (Å²) in [5.41, 5.74) is 1.30. The zero-order valence-corrected chi connectivity index (χ0v) is 12.8. The first-order valence-corrected chi connectivity index (χ1v) is 8.32. The van der Waals surface area contributed by atoms with E-state index < -0.39 is 0 Å². The zero-order valence-electron chi connectivity index (χ0n) is 12.0. The highest BCUT2D eigenvalue weighted by Gasteiger charge is 2.34. The average molecular weight is 304 g/mol. The lowest BCUT2D eigenvalue weighted by Gasteiger charge is -2.29. The van der Waals surface area contributed by atoms with Gasteiger partial charge in [0.25, 0.3) is 0 Å². The van der Waals surface area contributed by atoms with Crippen molar-refractivity contribution >= 4 is 23.2 Å². The van der Waals surface area contributed by atoms with Gasteiger partial charge in [0.05, 0.1) is 0 Å². The Morgan fingerprint density at radius 1 is 1.43 bits per heavy atom. The van der Waals surface area contributed by atoms with Gasteiger partial charge in [-0.1, -0.05) is 6.58 Å². The summed E-state index contributed by atoms with van der Waals surface area (Å²) in [5, 5.41) is 5.01. The maximum absolute atomic E-state index is 12.6. The van der Waals surface area contributed by atoms with Crippen molar-refractivity contribution in [1.82, 2.24) is 10.2 Å². The fourth-order valence-electron chi connectivity index (χ4n) is 3.29. The molecule has 0 aromatic carbocycles. The maximum atomic E-state index is 12.6. The van der Waals surface area contributed by atoms with Crippen LogP contribution in [0.4, 0.5) is 0 Å². The minimum absolute atomic E-state index is 0.0558. The fraction of sp³-hybridized carbons (Fsp3) is 0.500. The lowest BCUT2D eigenvalue weighted by Crippen LogP contribution is -2.39. The normalized spacial score (nSPS) is 24.5. The van der Waals surface area contributed by atoms with Crippen molar-refractivity contribution in [2.75, 3.05) is 6.54 Å². The van der Waals surface area contributed by atoms with Crippen LogP contribution in [0.15, 0.2) is 24.1 Å². The van der Waals surface area contributed by atoms with Crippen molar-refractivity contribution in [1.29, 1.82) is 0 Å². The highest BCUT2D eigenvalue weighted by molar-refractivity contribution is 7.10. The van der Waals surface area contributed by atoms with Crippen molar-refractivity contribution in [3.05, 3.63) is 34.5 Å². The second kappa shape index (κ2) is 6.02. The van der Waals surface area contributed by atoms with Gasteiger partial charge >= 0.3 is 0 Å². The van der Waals surface area contributed by atoms with Gasteiger partial charge in [0.15, 0.2) is 0 Å². The molecule has 2 atom stereocenters. The molecule has 1 saturated carbocycles. The molecule has 1 aromatic rings. The van der Waals surface area contributed by atoms with Crippen molar-refractivity contribution in [2.45, 2.75) is 38.3 Å². The number of nitrogens with zero attached hydrogens (tertiary/aromatic N) is 1. The summed E-state index contributed by atoms with van der Waals surface area (Å²) in [4.78, 5) is 27.4. The van der Waals surface area contributed by atoms with E-state index >= 15 is 0 Å². The van der Waals surface area contributed by atoms with Gasteiger partial charge in [-0.05, 0) is 48.8 Å². The Kier molecular flexibility index (Phi) is 4.10. The molecule has 112 valence electrons. The third-order valence-electron chi connectivity index (χ3n) is 4.43. The maximum Gasteiger partial charge on any atom is 0.243 e. The highest BCUT2D eigenvalue weighted by Crippen LogP contribution is 2.30. The molecule has 1 aliphatic heterocycles. The van der Waals surface area contributed by atoms with Crippen LogP contribution in [0.25, 0.3) is 0 Å². The predicted octanol–water partition coefficient (Wildman–Crippen LogP) is 2.10. The van der Waals surface area contributed by atoms with Gasteiger partial charge in [0.1, 0.15) is 0 Å². The average Bonchev–Trinajstić information content (AvgIpc) is 3.14. The molecule has 4 nitrogen and oxygen atoms in total. The molecular formula is C16H20N2O2S. The summed E-state index contributed by atoms with van der Waals surface area (Å²) in [6, 6.07) is 2.24. The van der Waals surface area contributed by atoms with E-state index in [-0.39, 0.29) is 23.8 Å². The van der Waals surface area contributed by atoms with Gasteiger partial charge in [-0.2, -0.15) is 0 Å². The van der Waals surface area contributed by atoms with Crippen molar-refractivity contribution in [2.24, 2.45) is 5.92 Å². The third kappa shape index (κ3) is 3.02. The summed E-state index contributed by atoms with van der Waals surface area (Å²) in [6.45, 7) is 5.03. The Labute approximate surface area is 128 Å². The molecule has 21 heavy (non-hydrogen) atoms. The van der Waals surface area contributed by atoms with Crippen LogP contribution < -0.4 is 5.32 Å². The topological polar surface area (TPSA) is 49.4 Å². The SMILES string of the molecule is C=CC(=O)N[C@@H]1CC[C@@H](C(=O)N2CCc3sccc3C2)C1. The lowest BCUT2D eigenvalue weighted by atomic mass is 10.0. The summed E-state index contributed by atoms with van der Waals surface area (Å²) < 4.78 is 0. The van der Waals surface area contributed by atoms with E-state index in [0.29, 0.717) is 0 Å². The minimum Gasteiger partial charge on any atom is -0.350 e. The lowest BCUT2D eigenvalue weighted by molar-refractivity contribution is -0.136. The molecule has 0 spiro atoms. The number of carbonyl (C=O) groups excluding carboxylic acids is 2. The summed E-state index contributed by atoms with van der Waals surface area (Å²) in [5.74, 6) is 0.163. The van der Waals surface area contributed by atoms with Crippen LogP contribution in [0.3, 0.4) is 0 Å². The molecule has 0 saturated heterocycles. The molecule has 1 N–H and O–H groups in total. The summed E-state index contributed by atoms with van der Waals surface area (Å²) in [6.07, 6.45) is 4.77. The second-order valence-electron chi connectivity index (χ2n) is 5.80. The first-order valence-electron chi connectivity index (χ1n) is 7.44. The van der Waals surface area contributed by atoms with Crippen LogP contribution in [0.2, 0.25) is 0 Å². The largest absolute Gasteiger partial charge is 0.350 e. The van der Waals surface area contributed by atoms with Crippen LogP contribution in [-0.2, 0) is 22.6 Å². The highest BCUT2D eigenvalue weighted by atomic mass is 32.1. The minimum atomic E-state index is -0.144. The van der Waals surface area contributed by atoms with Gasteiger partial charge in [-0.25, -0.2) is 0 Å². The molecule has 1 aromatic heterocycles. The fourth-order valence-corrected chi connectivity index (χ4v) is 4.18. The molecule has 5 heteroatoms. The Balaban J connectivity index is 1.57. The Bertz CT molecular complexity index is 566. The van der Waals surface area contributed by atoms with Crippen molar-refractivity contribution in [3.63, 3.8) is 0 Å². The van der Waals surface area contributed by atoms with E-state index in [4.69, 9.17) is 0 Å². The number of carbonyl (C=O) groups is 2. The smallest absolute Gasteiger partial charge is 0.243 e. The number of thiophene rings is 1. The van der Waals surface area contributed by atoms with Crippen molar-refractivity contribution < 1.29 is 9.59 Å². The monoisotopic (exact) mass is 304 g/mol. The van der Waals surface area contributed by atoms with E-state index in [1.54, 1.807) is 11.3 Å². The Hall–Kier alpha value is -1.62. The molecule has 0 radical (unpaired) electrons. The first kappa shape index (κ1) is 14.3. The van der Waals surface area contributed by atoms with E-state index in [1.165, 1.54) is 16.5 Å². The molecule has 3 rings (SSSR count). The van der Waals surface area contributed by atoms with Gasteiger partial charge in [-0.15, -0.1) is 11.3 Å². The third-order valence-corrected chi connectivity index (χ3v) is 5.46. The van der Waals surface area contributed by atoms with E-state index in [2.05, 4.69) is 23.3 Å². The van der Waals surface area contributed by atoms with Gasteiger partial charge in [0, 0.05) is 29.9 Å². The van der Waals surface area contributed by atoms with E-state index in [0.717, 1.165) is 38.8 Å². The van der Waals surface area contributed by atoms with Crippen LogP contribution in [-0.4, -0.2) is 29.3 Å².